The highest BCUT2D eigenvalue weighted by atomic mass is 16.3. The van der Waals surface area contributed by atoms with Crippen molar-refractivity contribution in [3.8, 4) is 0 Å². The van der Waals surface area contributed by atoms with Crippen LogP contribution in [-0.2, 0) is 0 Å². The van der Waals surface area contributed by atoms with Crippen LogP contribution in [0.4, 0.5) is 11.5 Å². The van der Waals surface area contributed by atoms with Gasteiger partial charge in [0.25, 0.3) is 11.8 Å². The summed E-state index contributed by atoms with van der Waals surface area (Å²) in [6, 6.07) is 16.3. The summed E-state index contributed by atoms with van der Waals surface area (Å²) < 4.78 is 5.15. The molecule has 2 aromatic heterocycles. The summed E-state index contributed by atoms with van der Waals surface area (Å²) in [6.45, 7) is 1.78. The van der Waals surface area contributed by atoms with Crippen LogP contribution in [0.5, 0.6) is 0 Å². The molecule has 0 radical (unpaired) electrons. The van der Waals surface area contributed by atoms with Gasteiger partial charge in [-0.2, -0.15) is 0 Å². The van der Waals surface area contributed by atoms with E-state index in [-0.39, 0.29) is 17.5 Å². The molecule has 8 heteroatoms. The fraction of sp³-hybridized carbons (Fsp3) is 0.200. The quantitative estimate of drug-likeness (QED) is 0.751. The molecule has 2 amide bonds. The number of hydrogen-bond acceptors (Lipinski definition) is 6. The molecule has 1 aliphatic rings. The van der Waals surface area contributed by atoms with E-state index in [1.165, 1.54) is 6.26 Å². The minimum absolute atomic E-state index is 0.159. The molecule has 0 aliphatic carbocycles. The molecule has 4 rings (SSSR count). The number of nitrogens with one attached hydrogen (secondary N) is 1. The molecule has 0 unspecified atom stereocenters. The number of carbonyl (C=O) groups is 2. The highest BCUT2D eigenvalue weighted by molar-refractivity contribution is 5.93. The molecule has 1 aromatic carbocycles. The predicted octanol–water partition coefficient (Wildman–Crippen LogP) is 2.41. The van der Waals surface area contributed by atoms with Crippen LogP contribution >= 0.6 is 0 Å². The second-order valence-corrected chi connectivity index (χ2v) is 6.36. The lowest BCUT2D eigenvalue weighted by Crippen LogP contribution is -2.50. The maximum atomic E-state index is 12.7. The molecule has 142 valence electrons. The van der Waals surface area contributed by atoms with Gasteiger partial charge in [0.15, 0.2) is 17.3 Å². The number of furan rings is 1. The van der Waals surface area contributed by atoms with Gasteiger partial charge in [-0.25, -0.2) is 0 Å². The Bertz CT molecular complexity index is 934. The second kappa shape index (κ2) is 7.91. The number of piperazine rings is 1. The largest absolute Gasteiger partial charge is 0.459 e. The normalized spacial score (nSPS) is 14.0. The van der Waals surface area contributed by atoms with Crippen LogP contribution in [0.25, 0.3) is 0 Å². The number of aromatic nitrogens is 2. The van der Waals surface area contributed by atoms with Crippen LogP contribution < -0.4 is 5.32 Å². The van der Waals surface area contributed by atoms with Gasteiger partial charge >= 0.3 is 0 Å². The molecule has 0 saturated carbocycles. The van der Waals surface area contributed by atoms with Crippen LogP contribution in [0.2, 0.25) is 0 Å². The first-order chi connectivity index (χ1) is 13.7. The van der Waals surface area contributed by atoms with Crippen molar-refractivity contribution in [1.29, 1.82) is 0 Å². The molecule has 0 bridgehead atoms. The lowest BCUT2D eigenvalue weighted by Gasteiger charge is -2.34. The second-order valence-electron chi connectivity index (χ2n) is 6.36. The van der Waals surface area contributed by atoms with Gasteiger partial charge in [0.05, 0.1) is 6.26 Å². The first-order valence-corrected chi connectivity index (χ1v) is 8.98. The van der Waals surface area contributed by atoms with E-state index in [1.807, 2.05) is 30.3 Å². The van der Waals surface area contributed by atoms with Gasteiger partial charge in [-0.15, -0.1) is 10.2 Å². The topological polar surface area (TPSA) is 91.6 Å². The number of para-hydroxylation sites is 1. The monoisotopic (exact) mass is 377 g/mol. The Kier molecular flexibility index (Phi) is 5.01. The number of carbonyl (C=O) groups excluding carboxylic acids is 2. The summed E-state index contributed by atoms with van der Waals surface area (Å²) in [5, 5.41) is 11.3. The van der Waals surface area contributed by atoms with Crippen molar-refractivity contribution < 1.29 is 14.0 Å². The van der Waals surface area contributed by atoms with E-state index in [1.54, 1.807) is 34.1 Å². The van der Waals surface area contributed by atoms with Gasteiger partial charge in [-0.3, -0.25) is 9.59 Å². The summed E-state index contributed by atoms with van der Waals surface area (Å²) in [5.41, 5.74) is 1.18. The third kappa shape index (κ3) is 3.85. The zero-order valence-electron chi connectivity index (χ0n) is 15.1. The highest BCUT2D eigenvalue weighted by Crippen LogP contribution is 2.14. The fourth-order valence-electron chi connectivity index (χ4n) is 3.01. The molecule has 3 heterocycles. The summed E-state index contributed by atoms with van der Waals surface area (Å²) in [6.07, 6.45) is 1.47. The van der Waals surface area contributed by atoms with Crippen molar-refractivity contribution in [2.45, 2.75) is 0 Å². The molecule has 1 aliphatic heterocycles. The van der Waals surface area contributed by atoms with Crippen molar-refractivity contribution in [3.63, 3.8) is 0 Å². The third-order valence-electron chi connectivity index (χ3n) is 4.52. The predicted molar refractivity (Wildman–Crippen MR) is 102 cm³/mol. The van der Waals surface area contributed by atoms with E-state index in [0.29, 0.717) is 37.8 Å². The Hall–Kier alpha value is -3.68. The molecule has 8 nitrogen and oxygen atoms in total. The molecule has 28 heavy (non-hydrogen) atoms. The van der Waals surface area contributed by atoms with E-state index < -0.39 is 0 Å². The lowest BCUT2D eigenvalue weighted by molar-refractivity contribution is 0.0514. The van der Waals surface area contributed by atoms with Gasteiger partial charge in [0.2, 0.25) is 0 Å². The van der Waals surface area contributed by atoms with Gasteiger partial charge in [-0.05, 0) is 36.4 Å². The average molecular weight is 377 g/mol. The zero-order chi connectivity index (χ0) is 19.3. The number of amides is 2. The van der Waals surface area contributed by atoms with Crippen molar-refractivity contribution in [1.82, 2.24) is 20.0 Å². The molecular formula is C20H19N5O3. The van der Waals surface area contributed by atoms with Crippen LogP contribution in [0, 0.1) is 0 Å². The average Bonchev–Trinajstić information content (AvgIpc) is 3.29. The molecule has 0 spiro atoms. The number of hydrogen-bond donors (Lipinski definition) is 1. The summed E-state index contributed by atoms with van der Waals surface area (Å²) in [4.78, 5) is 28.3. The minimum atomic E-state index is -0.191. The maximum absolute atomic E-state index is 12.7. The first kappa shape index (κ1) is 17.7. The Morgan fingerprint density at radius 2 is 1.54 bits per heavy atom. The van der Waals surface area contributed by atoms with Gasteiger partial charge < -0.3 is 19.5 Å². The molecular weight excluding hydrogens is 358 g/mol. The molecule has 1 saturated heterocycles. The van der Waals surface area contributed by atoms with E-state index in [4.69, 9.17) is 4.42 Å². The Labute approximate surface area is 161 Å². The minimum Gasteiger partial charge on any atom is -0.459 e. The third-order valence-corrected chi connectivity index (χ3v) is 4.52. The first-order valence-electron chi connectivity index (χ1n) is 8.98. The molecule has 0 atom stereocenters. The smallest absolute Gasteiger partial charge is 0.289 e. The standard InChI is InChI=1S/C20H19N5O3/c26-19(16-8-9-18(23-22-16)21-15-5-2-1-3-6-15)24-10-12-25(13-11-24)20(27)17-7-4-14-28-17/h1-9,14H,10-13H2,(H,21,23). The molecule has 3 aromatic rings. The Morgan fingerprint density at radius 1 is 0.821 bits per heavy atom. The van der Waals surface area contributed by atoms with Crippen molar-refractivity contribution in [2.75, 3.05) is 31.5 Å². The van der Waals surface area contributed by atoms with Crippen LogP contribution in [0.1, 0.15) is 21.0 Å². The maximum Gasteiger partial charge on any atom is 0.289 e. The van der Waals surface area contributed by atoms with E-state index >= 15 is 0 Å². The van der Waals surface area contributed by atoms with Crippen molar-refractivity contribution in [2.24, 2.45) is 0 Å². The van der Waals surface area contributed by atoms with E-state index in [2.05, 4.69) is 15.5 Å². The molecule has 1 N–H and O–H groups in total. The SMILES string of the molecule is O=C(c1ccc(Nc2ccccc2)nn1)N1CCN(C(=O)c2ccco2)CC1. The van der Waals surface area contributed by atoms with Gasteiger partial charge in [-0.1, -0.05) is 18.2 Å². The lowest BCUT2D eigenvalue weighted by atomic mass is 10.2. The molecule has 1 fully saturated rings. The Morgan fingerprint density at radius 3 is 2.14 bits per heavy atom. The summed E-state index contributed by atoms with van der Waals surface area (Å²) in [7, 11) is 0. The number of nitrogens with zero attached hydrogens (tertiary/aromatic N) is 4. The van der Waals surface area contributed by atoms with Gasteiger partial charge in [0.1, 0.15) is 0 Å². The number of anilines is 2. The van der Waals surface area contributed by atoms with E-state index in [0.717, 1.165) is 5.69 Å². The van der Waals surface area contributed by atoms with Crippen LogP contribution in [0.15, 0.2) is 65.3 Å². The van der Waals surface area contributed by atoms with Crippen LogP contribution in [-0.4, -0.2) is 58.0 Å². The highest BCUT2D eigenvalue weighted by Gasteiger charge is 2.27. The summed E-state index contributed by atoms with van der Waals surface area (Å²) in [5.74, 6) is 0.529. The fourth-order valence-corrected chi connectivity index (χ4v) is 3.01. The van der Waals surface area contributed by atoms with Crippen molar-refractivity contribution >= 4 is 23.3 Å². The Balaban J connectivity index is 1.34. The summed E-state index contributed by atoms with van der Waals surface area (Å²) >= 11 is 0. The number of benzene rings is 1. The number of rotatable bonds is 4. The van der Waals surface area contributed by atoms with Crippen molar-refractivity contribution in [3.05, 3.63) is 72.3 Å². The van der Waals surface area contributed by atoms with E-state index in [9.17, 15) is 9.59 Å². The van der Waals surface area contributed by atoms with Crippen LogP contribution in [0.3, 0.4) is 0 Å². The van der Waals surface area contributed by atoms with Gasteiger partial charge in [0, 0.05) is 31.9 Å². The zero-order valence-corrected chi connectivity index (χ0v) is 15.1.